The van der Waals surface area contributed by atoms with Crippen molar-refractivity contribution in [3.63, 3.8) is 0 Å². The molecular formula is C9H13NO. The Kier molecular flexibility index (Phi) is 1.50. The number of hydrogen-bond donors (Lipinski definition) is 1. The van der Waals surface area contributed by atoms with Crippen LogP contribution in [0.2, 0.25) is 0 Å². The quantitative estimate of drug-likeness (QED) is 0.702. The van der Waals surface area contributed by atoms with Crippen molar-refractivity contribution in [2.45, 2.75) is 25.8 Å². The molecule has 0 spiro atoms. The van der Waals surface area contributed by atoms with Crippen LogP contribution in [0, 0.1) is 12.8 Å². The zero-order valence-electron chi connectivity index (χ0n) is 6.71. The Morgan fingerprint density at radius 2 is 2.27 bits per heavy atom. The van der Waals surface area contributed by atoms with Crippen molar-refractivity contribution in [3.8, 4) is 0 Å². The van der Waals surface area contributed by atoms with E-state index >= 15 is 0 Å². The van der Waals surface area contributed by atoms with Gasteiger partial charge in [0.1, 0.15) is 11.5 Å². The first-order valence-electron chi connectivity index (χ1n) is 4.09. The molecule has 1 heterocycles. The molecular weight excluding hydrogens is 138 g/mol. The van der Waals surface area contributed by atoms with Gasteiger partial charge in [0.05, 0.1) is 6.04 Å². The predicted octanol–water partition coefficient (Wildman–Crippen LogP) is 2.00. The normalized spacial score (nSPS) is 20.2. The summed E-state index contributed by atoms with van der Waals surface area (Å²) in [5, 5.41) is 0. The van der Waals surface area contributed by atoms with Crippen LogP contribution in [0.4, 0.5) is 0 Å². The third kappa shape index (κ3) is 1.31. The minimum Gasteiger partial charge on any atom is -0.465 e. The van der Waals surface area contributed by atoms with Gasteiger partial charge in [-0.3, -0.25) is 0 Å². The summed E-state index contributed by atoms with van der Waals surface area (Å²) in [7, 11) is 0. The average molecular weight is 151 g/mol. The van der Waals surface area contributed by atoms with Crippen molar-refractivity contribution in [2.24, 2.45) is 11.7 Å². The van der Waals surface area contributed by atoms with Crippen LogP contribution in [-0.2, 0) is 0 Å². The molecule has 1 aliphatic rings. The minimum atomic E-state index is 0.142. The van der Waals surface area contributed by atoms with Crippen LogP contribution in [0.1, 0.15) is 30.4 Å². The monoisotopic (exact) mass is 151 g/mol. The van der Waals surface area contributed by atoms with Gasteiger partial charge in [-0.05, 0) is 37.8 Å². The molecule has 11 heavy (non-hydrogen) atoms. The van der Waals surface area contributed by atoms with Gasteiger partial charge >= 0.3 is 0 Å². The van der Waals surface area contributed by atoms with Gasteiger partial charge in [0, 0.05) is 0 Å². The van der Waals surface area contributed by atoms with E-state index in [1.54, 1.807) is 0 Å². The molecule has 2 rings (SSSR count). The van der Waals surface area contributed by atoms with Crippen molar-refractivity contribution in [1.82, 2.24) is 0 Å². The molecule has 1 saturated carbocycles. The fraction of sp³-hybridized carbons (Fsp3) is 0.556. The highest BCUT2D eigenvalue weighted by Gasteiger charge is 2.31. The highest BCUT2D eigenvalue weighted by Crippen LogP contribution is 2.39. The fourth-order valence-electron chi connectivity index (χ4n) is 1.32. The third-order valence-electron chi connectivity index (χ3n) is 2.22. The molecule has 1 aliphatic carbocycles. The highest BCUT2D eigenvalue weighted by molar-refractivity contribution is 5.11. The zero-order chi connectivity index (χ0) is 7.84. The van der Waals surface area contributed by atoms with Crippen molar-refractivity contribution < 1.29 is 4.42 Å². The summed E-state index contributed by atoms with van der Waals surface area (Å²) in [5.74, 6) is 2.58. The highest BCUT2D eigenvalue weighted by atomic mass is 16.3. The first-order chi connectivity index (χ1) is 5.27. The summed E-state index contributed by atoms with van der Waals surface area (Å²) in [5.41, 5.74) is 5.92. The van der Waals surface area contributed by atoms with Gasteiger partial charge in [0.15, 0.2) is 0 Å². The largest absolute Gasteiger partial charge is 0.465 e. The van der Waals surface area contributed by atoms with Gasteiger partial charge in [-0.2, -0.15) is 0 Å². The molecule has 60 valence electrons. The van der Waals surface area contributed by atoms with E-state index in [1.807, 2.05) is 19.1 Å². The van der Waals surface area contributed by atoms with E-state index in [2.05, 4.69) is 0 Å². The minimum absolute atomic E-state index is 0.142. The first-order valence-corrected chi connectivity index (χ1v) is 4.09. The topological polar surface area (TPSA) is 39.2 Å². The standard InChI is InChI=1S/C9H13NO/c1-6-2-5-8(11-6)9(10)7-3-4-7/h2,5,7,9H,3-4,10H2,1H3/t9-/m1/s1. The molecule has 1 aromatic heterocycles. The molecule has 2 heteroatoms. The first kappa shape index (κ1) is 6.92. The number of aryl methyl sites for hydroxylation is 1. The maximum Gasteiger partial charge on any atom is 0.121 e. The third-order valence-corrected chi connectivity index (χ3v) is 2.22. The van der Waals surface area contributed by atoms with Gasteiger partial charge in [-0.25, -0.2) is 0 Å². The molecule has 0 amide bonds. The second-order valence-electron chi connectivity index (χ2n) is 3.31. The molecule has 0 unspecified atom stereocenters. The van der Waals surface area contributed by atoms with Crippen molar-refractivity contribution in [2.75, 3.05) is 0 Å². The van der Waals surface area contributed by atoms with Gasteiger partial charge in [0.2, 0.25) is 0 Å². The second kappa shape index (κ2) is 2.38. The zero-order valence-corrected chi connectivity index (χ0v) is 6.71. The van der Waals surface area contributed by atoms with E-state index < -0.39 is 0 Å². The fourth-order valence-corrected chi connectivity index (χ4v) is 1.32. The summed E-state index contributed by atoms with van der Waals surface area (Å²) < 4.78 is 5.42. The Labute approximate surface area is 66.4 Å². The predicted molar refractivity (Wildman–Crippen MR) is 43.1 cm³/mol. The van der Waals surface area contributed by atoms with Crippen LogP contribution in [0.5, 0.6) is 0 Å². The van der Waals surface area contributed by atoms with Crippen molar-refractivity contribution in [1.29, 1.82) is 0 Å². The summed E-state index contributed by atoms with van der Waals surface area (Å²) in [6.45, 7) is 1.95. The summed E-state index contributed by atoms with van der Waals surface area (Å²) in [4.78, 5) is 0. The SMILES string of the molecule is Cc1ccc([C@H](N)C2CC2)o1. The number of rotatable bonds is 2. The summed E-state index contributed by atoms with van der Waals surface area (Å²) in [6.07, 6.45) is 2.53. The van der Waals surface area contributed by atoms with Gasteiger partial charge in [0.25, 0.3) is 0 Å². The van der Waals surface area contributed by atoms with E-state index in [4.69, 9.17) is 10.2 Å². The molecule has 0 aliphatic heterocycles. The number of hydrogen-bond acceptors (Lipinski definition) is 2. The van der Waals surface area contributed by atoms with E-state index in [-0.39, 0.29) is 6.04 Å². The Bertz CT molecular complexity index is 250. The van der Waals surface area contributed by atoms with E-state index in [1.165, 1.54) is 12.8 Å². The molecule has 1 aromatic rings. The lowest BCUT2D eigenvalue weighted by Gasteiger charge is -2.04. The van der Waals surface area contributed by atoms with Crippen LogP contribution >= 0.6 is 0 Å². The molecule has 0 saturated heterocycles. The van der Waals surface area contributed by atoms with Gasteiger partial charge in [-0.1, -0.05) is 0 Å². The van der Waals surface area contributed by atoms with Gasteiger partial charge < -0.3 is 10.2 Å². The van der Waals surface area contributed by atoms with E-state index in [9.17, 15) is 0 Å². The smallest absolute Gasteiger partial charge is 0.121 e. The maximum absolute atomic E-state index is 5.92. The molecule has 2 N–H and O–H groups in total. The van der Waals surface area contributed by atoms with Crippen LogP contribution in [-0.4, -0.2) is 0 Å². The average Bonchev–Trinajstić information content (AvgIpc) is 2.74. The molecule has 2 nitrogen and oxygen atoms in total. The van der Waals surface area contributed by atoms with Crippen molar-refractivity contribution in [3.05, 3.63) is 23.7 Å². The Hall–Kier alpha value is -0.760. The lowest BCUT2D eigenvalue weighted by atomic mass is 10.1. The molecule has 0 bridgehead atoms. The van der Waals surface area contributed by atoms with Crippen LogP contribution in [0.15, 0.2) is 16.5 Å². The Morgan fingerprint density at radius 3 is 2.73 bits per heavy atom. The van der Waals surface area contributed by atoms with Crippen LogP contribution in [0.3, 0.4) is 0 Å². The summed E-state index contributed by atoms with van der Waals surface area (Å²) >= 11 is 0. The molecule has 0 radical (unpaired) electrons. The molecule has 0 aromatic carbocycles. The number of nitrogens with two attached hydrogens (primary N) is 1. The number of furan rings is 1. The Balaban J connectivity index is 2.14. The van der Waals surface area contributed by atoms with Crippen molar-refractivity contribution >= 4 is 0 Å². The lowest BCUT2D eigenvalue weighted by molar-refractivity contribution is 0.426. The summed E-state index contributed by atoms with van der Waals surface area (Å²) in [6, 6.07) is 4.10. The van der Waals surface area contributed by atoms with E-state index in [0.717, 1.165) is 11.5 Å². The maximum atomic E-state index is 5.92. The Morgan fingerprint density at radius 1 is 1.55 bits per heavy atom. The second-order valence-corrected chi connectivity index (χ2v) is 3.31. The van der Waals surface area contributed by atoms with Crippen LogP contribution in [0.25, 0.3) is 0 Å². The molecule has 1 fully saturated rings. The van der Waals surface area contributed by atoms with E-state index in [0.29, 0.717) is 5.92 Å². The van der Waals surface area contributed by atoms with Gasteiger partial charge in [-0.15, -0.1) is 0 Å². The lowest BCUT2D eigenvalue weighted by Crippen LogP contribution is -2.10. The molecule has 1 atom stereocenters. The van der Waals surface area contributed by atoms with Crippen LogP contribution < -0.4 is 5.73 Å².